The molecule has 10 heteroatoms. The van der Waals surface area contributed by atoms with Crippen LogP contribution in [-0.2, 0) is 19.1 Å². The lowest BCUT2D eigenvalue weighted by Gasteiger charge is -2.35. The molecule has 2 rings (SSSR count). The van der Waals surface area contributed by atoms with Crippen molar-refractivity contribution in [2.45, 2.75) is 64.1 Å². The molecule has 0 spiro atoms. The second-order valence-corrected chi connectivity index (χ2v) is 9.70. The number of hydrogen-bond donors (Lipinski definition) is 2. The number of ether oxygens (including phenoxy) is 1. The highest BCUT2D eigenvalue weighted by Crippen LogP contribution is 2.25. The van der Waals surface area contributed by atoms with Gasteiger partial charge in [0.15, 0.2) is 0 Å². The molecule has 0 aromatic heterocycles. The van der Waals surface area contributed by atoms with Crippen molar-refractivity contribution in [3.05, 3.63) is 0 Å². The Hall–Kier alpha value is -1.97. The lowest BCUT2D eigenvalue weighted by Crippen LogP contribution is -2.52. The van der Waals surface area contributed by atoms with Gasteiger partial charge in [-0.3, -0.25) is 14.5 Å². The molecule has 0 aromatic rings. The van der Waals surface area contributed by atoms with Gasteiger partial charge in [0.1, 0.15) is 17.7 Å². The summed E-state index contributed by atoms with van der Waals surface area (Å²) in [6, 6.07) is -1.43. The third-order valence-corrected chi connectivity index (χ3v) is 5.96. The van der Waals surface area contributed by atoms with E-state index in [2.05, 4.69) is 5.32 Å². The first-order valence-electron chi connectivity index (χ1n) is 10.3. The van der Waals surface area contributed by atoms with E-state index < -0.39 is 29.7 Å². The molecule has 2 fully saturated rings. The number of nitrogens with zero attached hydrogens (tertiary/aromatic N) is 2. The number of likely N-dealkylation sites (tertiary alicyclic amines) is 2. The number of carbonyl (C=O) groups is 4. The molecule has 30 heavy (non-hydrogen) atoms. The Kier molecular flexibility index (Phi) is 8.40. The third-order valence-electron chi connectivity index (χ3n) is 5.29. The molecular weight excluding hydrogens is 410 g/mol. The zero-order valence-electron chi connectivity index (χ0n) is 18.2. The molecule has 0 aromatic carbocycles. The van der Waals surface area contributed by atoms with Crippen molar-refractivity contribution in [2.75, 3.05) is 31.6 Å². The van der Waals surface area contributed by atoms with Crippen LogP contribution >= 0.6 is 11.8 Å². The normalized spacial score (nSPS) is 21.3. The summed E-state index contributed by atoms with van der Waals surface area (Å²) in [4.78, 5) is 52.3. The zero-order valence-corrected chi connectivity index (χ0v) is 19.0. The first-order chi connectivity index (χ1) is 14.0. The lowest BCUT2D eigenvalue weighted by molar-refractivity contribution is -0.142. The van der Waals surface area contributed by atoms with Crippen LogP contribution in [-0.4, -0.2) is 88.1 Å². The van der Waals surface area contributed by atoms with Crippen molar-refractivity contribution in [1.82, 2.24) is 15.1 Å². The van der Waals surface area contributed by atoms with Crippen LogP contribution in [0.25, 0.3) is 0 Å². The predicted octanol–water partition coefficient (Wildman–Crippen LogP) is 1.56. The predicted molar refractivity (Wildman–Crippen MR) is 113 cm³/mol. The maximum Gasteiger partial charge on any atom is 0.410 e. The summed E-state index contributed by atoms with van der Waals surface area (Å²) < 4.78 is 5.43. The minimum atomic E-state index is -1.05. The maximum absolute atomic E-state index is 13.0. The van der Waals surface area contributed by atoms with Gasteiger partial charge in [-0.1, -0.05) is 0 Å². The Labute approximate surface area is 181 Å². The van der Waals surface area contributed by atoms with Crippen LogP contribution in [0.4, 0.5) is 4.79 Å². The Bertz CT molecular complexity index is 657. The number of amides is 3. The van der Waals surface area contributed by atoms with Gasteiger partial charge in [-0.15, -0.1) is 0 Å². The summed E-state index contributed by atoms with van der Waals surface area (Å²) >= 11 is 1.36. The van der Waals surface area contributed by atoms with Crippen LogP contribution < -0.4 is 5.32 Å². The van der Waals surface area contributed by atoms with Crippen LogP contribution in [0.5, 0.6) is 0 Å². The van der Waals surface area contributed by atoms with Crippen LogP contribution in [0.15, 0.2) is 0 Å². The molecule has 2 saturated heterocycles. The second kappa shape index (κ2) is 10.4. The zero-order chi connectivity index (χ0) is 22.5. The molecule has 3 amide bonds. The molecule has 2 aliphatic rings. The van der Waals surface area contributed by atoms with Crippen LogP contribution in [0.1, 0.15) is 46.5 Å². The number of hydrogen-bond acceptors (Lipinski definition) is 6. The summed E-state index contributed by atoms with van der Waals surface area (Å²) in [5.41, 5.74) is -0.622. The summed E-state index contributed by atoms with van der Waals surface area (Å²) in [6.45, 7) is 6.70. The molecule has 2 N–H and O–H groups in total. The van der Waals surface area contributed by atoms with E-state index >= 15 is 0 Å². The fraction of sp³-hybridized carbons (Fsp3) is 0.800. The van der Waals surface area contributed by atoms with Gasteiger partial charge in [0.05, 0.1) is 0 Å². The molecule has 0 radical (unpaired) electrons. The largest absolute Gasteiger partial charge is 0.480 e. The first-order valence-corrected chi connectivity index (χ1v) is 11.7. The van der Waals surface area contributed by atoms with Crippen LogP contribution in [0.2, 0.25) is 0 Å². The fourth-order valence-electron chi connectivity index (χ4n) is 3.77. The monoisotopic (exact) mass is 443 g/mol. The van der Waals surface area contributed by atoms with Crippen molar-refractivity contribution in [1.29, 1.82) is 0 Å². The SMILES string of the molecule is CSC[C@H](NC(=O)C1CCN(C(=O)[C@@H]2CCCN2C(=O)OC(C)(C)C)CC1)C(=O)O. The molecule has 9 nitrogen and oxygen atoms in total. The molecule has 0 aliphatic carbocycles. The molecule has 170 valence electrons. The Morgan fingerprint density at radius 2 is 1.77 bits per heavy atom. The Morgan fingerprint density at radius 3 is 2.30 bits per heavy atom. The van der Waals surface area contributed by atoms with Gasteiger partial charge in [0.25, 0.3) is 0 Å². The highest BCUT2D eigenvalue weighted by molar-refractivity contribution is 7.98. The number of carboxylic acids is 1. The van der Waals surface area contributed by atoms with Crippen molar-refractivity contribution in [3.8, 4) is 0 Å². The third kappa shape index (κ3) is 6.52. The first kappa shape index (κ1) is 24.3. The number of carbonyl (C=O) groups excluding carboxylic acids is 3. The Balaban J connectivity index is 1.89. The molecule has 2 aliphatic heterocycles. The number of nitrogens with one attached hydrogen (secondary N) is 1. The molecule has 0 saturated carbocycles. The van der Waals surface area contributed by atoms with Gasteiger partial charge >= 0.3 is 12.1 Å². The van der Waals surface area contributed by atoms with Gasteiger partial charge in [0.2, 0.25) is 11.8 Å². The number of carboxylic acid groups (broad SMARTS) is 1. The molecule has 2 atom stereocenters. The molecule has 0 unspecified atom stereocenters. The summed E-state index contributed by atoms with van der Waals surface area (Å²) in [5, 5.41) is 11.8. The van der Waals surface area contributed by atoms with E-state index in [-0.39, 0.29) is 17.7 Å². The summed E-state index contributed by atoms with van der Waals surface area (Å²) in [6.07, 6.45) is 3.62. The molecule has 0 bridgehead atoms. The summed E-state index contributed by atoms with van der Waals surface area (Å²) in [5.74, 6) is -1.44. The Morgan fingerprint density at radius 1 is 1.13 bits per heavy atom. The van der Waals surface area contributed by atoms with Crippen molar-refractivity contribution < 1.29 is 29.0 Å². The highest BCUT2D eigenvalue weighted by Gasteiger charge is 2.40. The second-order valence-electron chi connectivity index (χ2n) is 8.79. The van der Waals surface area contributed by atoms with E-state index in [1.807, 2.05) is 0 Å². The van der Waals surface area contributed by atoms with E-state index in [1.54, 1.807) is 31.9 Å². The van der Waals surface area contributed by atoms with Crippen LogP contribution in [0.3, 0.4) is 0 Å². The smallest absolute Gasteiger partial charge is 0.410 e. The van der Waals surface area contributed by atoms with Crippen molar-refractivity contribution in [3.63, 3.8) is 0 Å². The van der Waals surface area contributed by atoms with Gasteiger partial charge < -0.3 is 20.1 Å². The topological polar surface area (TPSA) is 116 Å². The van der Waals surface area contributed by atoms with Gasteiger partial charge in [-0.05, 0) is 52.7 Å². The fourth-order valence-corrected chi connectivity index (χ4v) is 4.33. The minimum Gasteiger partial charge on any atom is -0.480 e. The van der Waals surface area contributed by atoms with E-state index in [9.17, 15) is 24.3 Å². The average Bonchev–Trinajstić information content (AvgIpc) is 3.15. The van der Waals surface area contributed by atoms with Gasteiger partial charge in [0, 0.05) is 31.3 Å². The number of aliphatic carboxylic acids is 1. The van der Waals surface area contributed by atoms with E-state index in [0.29, 0.717) is 44.6 Å². The van der Waals surface area contributed by atoms with E-state index in [0.717, 1.165) is 6.42 Å². The summed E-state index contributed by atoms with van der Waals surface area (Å²) in [7, 11) is 0. The maximum atomic E-state index is 13.0. The molecule has 2 heterocycles. The lowest BCUT2D eigenvalue weighted by atomic mass is 9.95. The van der Waals surface area contributed by atoms with Gasteiger partial charge in [-0.2, -0.15) is 11.8 Å². The minimum absolute atomic E-state index is 0.108. The van der Waals surface area contributed by atoms with Gasteiger partial charge in [-0.25, -0.2) is 9.59 Å². The average molecular weight is 444 g/mol. The van der Waals surface area contributed by atoms with Crippen molar-refractivity contribution >= 4 is 35.6 Å². The van der Waals surface area contributed by atoms with Crippen LogP contribution in [0, 0.1) is 5.92 Å². The van der Waals surface area contributed by atoms with E-state index in [1.165, 1.54) is 16.7 Å². The standard InChI is InChI=1S/C20H33N3O6S/c1-20(2,3)29-19(28)23-9-5-6-15(23)17(25)22-10-7-13(8-11-22)16(24)21-14(12-30-4)18(26)27/h13-15H,5-12H2,1-4H3,(H,21,24)(H,26,27)/t14-,15-/m0/s1. The number of thioether (sulfide) groups is 1. The highest BCUT2D eigenvalue weighted by atomic mass is 32.2. The number of piperidine rings is 1. The van der Waals surface area contributed by atoms with E-state index in [4.69, 9.17) is 4.74 Å². The molecular formula is C20H33N3O6S. The number of rotatable bonds is 6. The quantitative estimate of drug-likeness (QED) is 0.640. The van der Waals surface area contributed by atoms with Crippen molar-refractivity contribution in [2.24, 2.45) is 5.92 Å².